The molecule has 0 spiro atoms. The molecule has 2 aromatic carbocycles. The van der Waals surface area contributed by atoms with E-state index in [0.717, 1.165) is 10.9 Å². The number of aromatic amines is 1. The number of nitrogens with zero attached hydrogens (tertiary/aromatic N) is 4. The van der Waals surface area contributed by atoms with Crippen LogP contribution < -0.4 is 20.1 Å². The van der Waals surface area contributed by atoms with Crippen molar-refractivity contribution in [3.05, 3.63) is 41.6 Å². The molecular weight excluding hydrogens is 462 g/mol. The second-order valence-electron chi connectivity index (χ2n) is 7.26. The highest BCUT2D eigenvalue weighted by Gasteiger charge is 2.15. The molecule has 34 heavy (non-hydrogen) atoms. The number of benzene rings is 2. The maximum absolute atomic E-state index is 11.9. The monoisotopic (exact) mass is 485 g/mol. The minimum atomic E-state index is -0.252. The van der Waals surface area contributed by atoms with Gasteiger partial charge in [0.1, 0.15) is 0 Å². The van der Waals surface area contributed by atoms with E-state index in [1.807, 2.05) is 12.1 Å². The summed E-state index contributed by atoms with van der Waals surface area (Å²) in [6, 6.07) is 8.99. The number of nitrogens with one attached hydrogen (secondary N) is 3. The van der Waals surface area contributed by atoms with Crippen molar-refractivity contribution < 1.29 is 19.0 Å². The Hall–Kier alpha value is -3.83. The molecule has 0 bridgehead atoms. The molecule has 0 saturated heterocycles. The number of halogens is 1. The van der Waals surface area contributed by atoms with Gasteiger partial charge in [0.25, 0.3) is 5.91 Å². The van der Waals surface area contributed by atoms with Crippen LogP contribution in [-0.4, -0.2) is 64.8 Å². The minimum Gasteiger partial charge on any atom is -0.493 e. The first-order chi connectivity index (χ1) is 16.5. The number of hydrogen-bond acceptors (Lipinski definition) is 8. The summed E-state index contributed by atoms with van der Waals surface area (Å²) in [6.07, 6.45) is 1.67. The molecule has 2 aromatic heterocycles. The second kappa shape index (κ2) is 10.4. The van der Waals surface area contributed by atoms with Gasteiger partial charge in [-0.25, -0.2) is 4.68 Å². The van der Waals surface area contributed by atoms with Crippen molar-refractivity contribution in [1.29, 1.82) is 0 Å². The molecule has 0 atom stereocenters. The van der Waals surface area contributed by atoms with Crippen molar-refractivity contribution in [2.24, 2.45) is 7.05 Å². The summed E-state index contributed by atoms with van der Waals surface area (Å²) >= 11 is 6.51. The maximum Gasteiger partial charge on any atom is 0.258 e. The molecule has 4 aromatic rings. The van der Waals surface area contributed by atoms with E-state index in [9.17, 15) is 4.79 Å². The lowest BCUT2D eigenvalue weighted by atomic mass is 10.2. The van der Waals surface area contributed by atoms with Gasteiger partial charge in [-0.05, 0) is 30.3 Å². The number of H-pyrrole nitrogens is 1. The highest BCUT2D eigenvalue weighted by Crippen LogP contribution is 2.34. The summed E-state index contributed by atoms with van der Waals surface area (Å²) in [6.45, 7) is 0.705. The first-order valence-electron chi connectivity index (χ1n) is 10.4. The minimum absolute atomic E-state index is 0.142. The molecule has 0 aliphatic carbocycles. The number of methoxy groups -OCH3 is 2. The van der Waals surface area contributed by atoms with Crippen molar-refractivity contribution in [3.8, 4) is 22.9 Å². The third-order valence-electron chi connectivity index (χ3n) is 4.98. The molecule has 0 radical (unpaired) electrons. The summed E-state index contributed by atoms with van der Waals surface area (Å²) in [5, 5.41) is 18.6. The van der Waals surface area contributed by atoms with E-state index in [-0.39, 0.29) is 12.5 Å². The first-order valence-corrected chi connectivity index (χ1v) is 10.7. The van der Waals surface area contributed by atoms with Crippen LogP contribution in [0.3, 0.4) is 0 Å². The number of rotatable bonds is 10. The van der Waals surface area contributed by atoms with Crippen LogP contribution in [0, 0.1) is 0 Å². The van der Waals surface area contributed by atoms with Crippen LogP contribution in [0.4, 0.5) is 11.6 Å². The molecule has 11 nitrogen and oxygen atoms in total. The second-order valence-corrected chi connectivity index (χ2v) is 7.64. The Morgan fingerprint density at radius 3 is 2.85 bits per heavy atom. The Morgan fingerprint density at radius 2 is 2.06 bits per heavy atom. The molecule has 3 N–H and O–H groups in total. The van der Waals surface area contributed by atoms with E-state index in [4.69, 9.17) is 25.8 Å². The molecule has 178 valence electrons. The van der Waals surface area contributed by atoms with Crippen molar-refractivity contribution in [1.82, 2.24) is 30.3 Å². The molecule has 4 rings (SSSR count). The van der Waals surface area contributed by atoms with Gasteiger partial charge in [0, 0.05) is 31.7 Å². The number of anilines is 2. The van der Waals surface area contributed by atoms with E-state index >= 15 is 0 Å². The maximum atomic E-state index is 11.9. The van der Waals surface area contributed by atoms with E-state index in [0.29, 0.717) is 52.7 Å². The van der Waals surface area contributed by atoms with Crippen molar-refractivity contribution in [2.75, 3.05) is 39.3 Å². The molecule has 2 heterocycles. The Kier molecular flexibility index (Phi) is 7.14. The molecule has 0 unspecified atom stereocenters. The number of carbonyl (C=O) groups is 1. The quantitative estimate of drug-likeness (QED) is 0.292. The standard InChI is InChI=1S/C22H24ClN7O4/c1-30-22(26-16-6-5-15-14(20(16)23)11-25-28-15)27-21(29-30)13-4-7-17(18(10-13)33-3)34-12-19(31)24-8-9-32-2/h4-7,10-11H,8-9,12H2,1-3H3,(H,24,31)(H,25,28)(H,26,27,29). The largest absolute Gasteiger partial charge is 0.493 e. The van der Waals surface area contributed by atoms with E-state index in [2.05, 4.69) is 30.9 Å². The number of ether oxygens (including phenoxy) is 3. The summed E-state index contributed by atoms with van der Waals surface area (Å²) in [5.74, 6) is 1.62. The van der Waals surface area contributed by atoms with Crippen LogP contribution in [0.1, 0.15) is 0 Å². The SMILES string of the molecule is COCCNC(=O)COc1ccc(-c2nc(Nc3ccc4[nH]ncc4c3Cl)n(C)n2)cc1OC. The zero-order valence-electron chi connectivity index (χ0n) is 18.9. The van der Waals surface area contributed by atoms with Gasteiger partial charge in [0.2, 0.25) is 5.95 Å². The van der Waals surface area contributed by atoms with Crippen LogP contribution in [0.5, 0.6) is 11.5 Å². The fourth-order valence-electron chi connectivity index (χ4n) is 3.23. The van der Waals surface area contributed by atoms with Gasteiger partial charge < -0.3 is 24.8 Å². The van der Waals surface area contributed by atoms with Crippen molar-refractivity contribution >= 4 is 40.0 Å². The van der Waals surface area contributed by atoms with Gasteiger partial charge in [0.15, 0.2) is 23.9 Å². The van der Waals surface area contributed by atoms with Crippen LogP contribution in [0.25, 0.3) is 22.3 Å². The van der Waals surface area contributed by atoms with Gasteiger partial charge in [-0.1, -0.05) is 11.6 Å². The topological polar surface area (TPSA) is 128 Å². The highest BCUT2D eigenvalue weighted by atomic mass is 35.5. The fourth-order valence-corrected chi connectivity index (χ4v) is 3.49. The molecule has 0 aliphatic rings. The zero-order chi connectivity index (χ0) is 24.1. The van der Waals surface area contributed by atoms with Gasteiger partial charge in [-0.15, -0.1) is 5.10 Å². The molecule has 1 amide bonds. The third-order valence-corrected chi connectivity index (χ3v) is 5.38. The molecule has 0 aliphatic heterocycles. The van der Waals surface area contributed by atoms with Crippen LogP contribution >= 0.6 is 11.6 Å². The number of aromatic nitrogens is 5. The lowest BCUT2D eigenvalue weighted by molar-refractivity contribution is -0.123. The van der Waals surface area contributed by atoms with Crippen LogP contribution in [0.15, 0.2) is 36.5 Å². The van der Waals surface area contributed by atoms with Crippen molar-refractivity contribution in [3.63, 3.8) is 0 Å². The zero-order valence-corrected chi connectivity index (χ0v) is 19.6. The Balaban J connectivity index is 1.49. The summed E-state index contributed by atoms with van der Waals surface area (Å²) in [4.78, 5) is 16.5. The Labute approximate surface area is 200 Å². The Bertz CT molecular complexity index is 1300. The number of hydrogen-bond donors (Lipinski definition) is 3. The normalized spacial score (nSPS) is 10.9. The van der Waals surface area contributed by atoms with Gasteiger partial charge in [-0.2, -0.15) is 10.1 Å². The summed E-state index contributed by atoms with van der Waals surface area (Å²) < 4.78 is 17.6. The van der Waals surface area contributed by atoms with Crippen molar-refractivity contribution in [2.45, 2.75) is 0 Å². The smallest absolute Gasteiger partial charge is 0.258 e. The lowest BCUT2D eigenvalue weighted by Gasteiger charge is -2.11. The molecular formula is C22H24ClN7O4. The van der Waals surface area contributed by atoms with Gasteiger partial charge in [-0.3, -0.25) is 9.89 Å². The Morgan fingerprint density at radius 1 is 1.21 bits per heavy atom. The number of fused-ring (bicyclic) bond motifs is 1. The molecule has 0 saturated carbocycles. The fraction of sp³-hybridized carbons (Fsp3) is 0.273. The summed E-state index contributed by atoms with van der Waals surface area (Å²) in [7, 11) is 4.87. The average Bonchev–Trinajstić information content (AvgIpc) is 3.47. The highest BCUT2D eigenvalue weighted by molar-refractivity contribution is 6.38. The number of aryl methyl sites for hydroxylation is 1. The van der Waals surface area contributed by atoms with E-state index in [1.54, 1.807) is 43.2 Å². The van der Waals surface area contributed by atoms with Gasteiger partial charge in [0.05, 0.1) is 36.1 Å². The predicted molar refractivity (Wildman–Crippen MR) is 128 cm³/mol. The van der Waals surface area contributed by atoms with Crippen LogP contribution in [0.2, 0.25) is 5.02 Å². The average molecular weight is 486 g/mol. The lowest BCUT2D eigenvalue weighted by Crippen LogP contribution is -2.31. The first kappa shape index (κ1) is 23.3. The number of amides is 1. The number of carbonyl (C=O) groups excluding carboxylic acids is 1. The third kappa shape index (κ3) is 5.05. The molecule has 0 fully saturated rings. The van der Waals surface area contributed by atoms with Crippen LogP contribution in [-0.2, 0) is 16.6 Å². The predicted octanol–water partition coefficient (Wildman–Crippen LogP) is 2.91. The van der Waals surface area contributed by atoms with E-state index in [1.165, 1.54) is 7.11 Å². The van der Waals surface area contributed by atoms with E-state index < -0.39 is 0 Å². The van der Waals surface area contributed by atoms with Gasteiger partial charge >= 0.3 is 0 Å². The molecule has 12 heteroatoms. The summed E-state index contributed by atoms with van der Waals surface area (Å²) in [5.41, 5.74) is 2.24.